The van der Waals surface area contributed by atoms with Crippen LogP contribution in [0.5, 0.6) is 5.75 Å². The molecule has 0 heterocycles. The first kappa shape index (κ1) is 8.85. The summed E-state index contributed by atoms with van der Waals surface area (Å²) in [4.78, 5) is 0. The summed E-state index contributed by atoms with van der Waals surface area (Å²) < 4.78 is 0. The minimum absolute atomic E-state index is 0.0393. The molecule has 1 aliphatic rings. The van der Waals surface area contributed by atoms with Gasteiger partial charge in [-0.2, -0.15) is 0 Å². The molecule has 13 heavy (non-hydrogen) atoms. The SMILES string of the molecule is NCC1(c2c(O)cccc2Cl)CC1. The van der Waals surface area contributed by atoms with E-state index < -0.39 is 0 Å². The van der Waals surface area contributed by atoms with Crippen LogP contribution in [-0.2, 0) is 5.41 Å². The van der Waals surface area contributed by atoms with Crippen LogP contribution in [0.1, 0.15) is 18.4 Å². The first-order chi connectivity index (χ1) is 6.19. The molecule has 1 saturated carbocycles. The molecule has 1 fully saturated rings. The molecule has 0 aromatic heterocycles. The molecule has 3 N–H and O–H groups in total. The fraction of sp³-hybridized carbons (Fsp3) is 0.400. The van der Waals surface area contributed by atoms with Crippen molar-refractivity contribution in [3.05, 3.63) is 28.8 Å². The number of benzene rings is 1. The average molecular weight is 198 g/mol. The van der Waals surface area contributed by atoms with Crippen molar-refractivity contribution in [1.82, 2.24) is 0 Å². The fourth-order valence-corrected chi connectivity index (χ4v) is 2.11. The molecule has 2 rings (SSSR count). The Morgan fingerprint density at radius 2 is 2.15 bits per heavy atom. The maximum atomic E-state index is 9.66. The predicted molar refractivity (Wildman–Crippen MR) is 53.1 cm³/mol. The van der Waals surface area contributed by atoms with Gasteiger partial charge in [0.1, 0.15) is 5.75 Å². The van der Waals surface area contributed by atoms with Crippen LogP contribution in [0.25, 0.3) is 0 Å². The van der Waals surface area contributed by atoms with Gasteiger partial charge in [0.15, 0.2) is 0 Å². The van der Waals surface area contributed by atoms with Gasteiger partial charge in [0.25, 0.3) is 0 Å². The number of hydrogen-bond acceptors (Lipinski definition) is 2. The number of phenols is 1. The van der Waals surface area contributed by atoms with E-state index in [2.05, 4.69) is 0 Å². The number of nitrogens with two attached hydrogens (primary N) is 1. The van der Waals surface area contributed by atoms with Crippen LogP contribution in [0.3, 0.4) is 0 Å². The summed E-state index contributed by atoms with van der Waals surface area (Å²) in [6.45, 7) is 0.560. The Kier molecular flexibility index (Phi) is 1.97. The van der Waals surface area contributed by atoms with Gasteiger partial charge in [-0.1, -0.05) is 17.7 Å². The van der Waals surface area contributed by atoms with Crippen LogP contribution < -0.4 is 5.73 Å². The normalized spacial score (nSPS) is 18.6. The van der Waals surface area contributed by atoms with Gasteiger partial charge in [-0.15, -0.1) is 0 Å². The van der Waals surface area contributed by atoms with Gasteiger partial charge >= 0.3 is 0 Å². The second kappa shape index (κ2) is 2.89. The summed E-state index contributed by atoms with van der Waals surface area (Å²) in [5, 5.41) is 10.3. The molecule has 0 saturated heterocycles. The summed E-state index contributed by atoms with van der Waals surface area (Å²) >= 11 is 6.02. The molecule has 0 aliphatic heterocycles. The second-order valence-corrected chi connectivity index (χ2v) is 4.03. The third-order valence-corrected chi connectivity index (χ3v) is 3.08. The van der Waals surface area contributed by atoms with Gasteiger partial charge in [-0.3, -0.25) is 0 Å². The van der Waals surface area contributed by atoms with Gasteiger partial charge in [0.05, 0.1) is 0 Å². The number of rotatable bonds is 2. The smallest absolute Gasteiger partial charge is 0.120 e. The molecule has 0 unspecified atom stereocenters. The van der Waals surface area contributed by atoms with Crippen molar-refractivity contribution in [2.24, 2.45) is 5.73 Å². The van der Waals surface area contributed by atoms with Crippen LogP contribution in [-0.4, -0.2) is 11.7 Å². The van der Waals surface area contributed by atoms with Crippen molar-refractivity contribution in [3.63, 3.8) is 0 Å². The van der Waals surface area contributed by atoms with E-state index in [4.69, 9.17) is 17.3 Å². The lowest BCUT2D eigenvalue weighted by atomic mass is 9.95. The van der Waals surface area contributed by atoms with Crippen LogP contribution >= 0.6 is 11.6 Å². The first-order valence-corrected chi connectivity index (χ1v) is 4.75. The molecule has 1 aromatic rings. The number of aromatic hydroxyl groups is 1. The van der Waals surface area contributed by atoms with Crippen LogP contribution in [0.15, 0.2) is 18.2 Å². The third-order valence-electron chi connectivity index (χ3n) is 2.77. The topological polar surface area (TPSA) is 46.2 Å². The van der Waals surface area contributed by atoms with Gasteiger partial charge in [0, 0.05) is 22.5 Å². The average Bonchev–Trinajstić information content (AvgIpc) is 2.85. The van der Waals surface area contributed by atoms with Crippen molar-refractivity contribution >= 4 is 11.6 Å². The molecule has 0 bridgehead atoms. The Morgan fingerprint density at radius 1 is 1.46 bits per heavy atom. The Bertz CT molecular complexity index is 313. The van der Waals surface area contributed by atoms with Crippen molar-refractivity contribution in [1.29, 1.82) is 0 Å². The highest BCUT2D eigenvalue weighted by molar-refractivity contribution is 6.31. The summed E-state index contributed by atoms with van der Waals surface area (Å²) in [6.07, 6.45) is 2.06. The molecular formula is C10H12ClNO. The molecule has 1 aliphatic carbocycles. The molecule has 0 amide bonds. The third kappa shape index (κ3) is 1.30. The molecule has 3 heteroatoms. The predicted octanol–water partition coefficient (Wildman–Crippen LogP) is 2.04. The fourth-order valence-electron chi connectivity index (χ4n) is 1.74. The zero-order chi connectivity index (χ0) is 9.47. The number of hydrogen-bond donors (Lipinski definition) is 2. The van der Waals surface area contributed by atoms with Gasteiger partial charge in [0.2, 0.25) is 0 Å². The molecule has 0 radical (unpaired) electrons. The largest absolute Gasteiger partial charge is 0.508 e. The van der Waals surface area contributed by atoms with E-state index in [0.717, 1.165) is 18.4 Å². The maximum absolute atomic E-state index is 9.66. The summed E-state index contributed by atoms with van der Waals surface area (Å²) in [5.41, 5.74) is 6.46. The Balaban J connectivity index is 2.50. The highest BCUT2D eigenvalue weighted by Crippen LogP contribution is 2.52. The Morgan fingerprint density at radius 3 is 2.62 bits per heavy atom. The zero-order valence-corrected chi connectivity index (χ0v) is 8.01. The summed E-state index contributed by atoms with van der Waals surface area (Å²) in [7, 11) is 0. The minimum Gasteiger partial charge on any atom is -0.508 e. The molecule has 2 nitrogen and oxygen atoms in total. The summed E-state index contributed by atoms with van der Waals surface area (Å²) in [6, 6.07) is 5.21. The Hall–Kier alpha value is -0.730. The van der Waals surface area contributed by atoms with Crippen LogP contribution in [0.4, 0.5) is 0 Å². The zero-order valence-electron chi connectivity index (χ0n) is 7.26. The van der Waals surface area contributed by atoms with Crippen molar-refractivity contribution in [2.75, 3.05) is 6.54 Å². The number of phenolic OH excluding ortho intramolecular Hbond substituents is 1. The maximum Gasteiger partial charge on any atom is 0.120 e. The van der Waals surface area contributed by atoms with E-state index in [9.17, 15) is 5.11 Å². The summed E-state index contributed by atoms with van der Waals surface area (Å²) in [5.74, 6) is 0.274. The van der Waals surface area contributed by atoms with E-state index in [1.807, 2.05) is 0 Å². The van der Waals surface area contributed by atoms with E-state index in [1.54, 1.807) is 18.2 Å². The highest BCUT2D eigenvalue weighted by Gasteiger charge is 2.45. The second-order valence-electron chi connectivity index (χ2n) is 3.62. The van der Waals surface area contributed by atoms with Crippen molar-refractivity contribution in [3.8, 4) is 5.75 Å². The van der Waals surface area contributed by atoms with E-state index in [-0.39, 0.29) is 11.2 Å². The molecular weight excluding hydrogens is 186 g/mol. The lowest BCUT2D eigenvalue weighted by Gasteiger charge is -2.15. The highest BCUT2D eigenvalue weighted by atomic mass is 35.5. The molecule has 0 atom stereocenters. The first-order valence-electron chi connectivity index (χ1n) is 4.38. The van der Waals surface area contributed by atoms with Crippen molar-refractivity contribution < 1.29 is 5.11 Å². The Labute approximate surface area is 82.3 Å². The van der Waals surface area contributed by atoms with E-state index in [1.165, 1.54) is 0 Å². The molecule has 0 spiro atoms. The van der Waals surface area contributed by atoms with Gasteiger partial charge in [-0.25, -0.2) is 0 Å². The van der Waals surface area contributed by atoms with Crippen molar-refractivity contribution in [2.45, 2.75) is 18.3 Å². The molecule has 70 valence electrons. The number of halogens is 1. The quantitative estimate of drug-likeness (QED) is 0.762. The van der Waals surface area contributed by atoms with Crippen LogP contribution in [0.2, 0.25) is 5.02 Å². The lowest BCUT2D eigenvalue weighted by molar-refractivity contribution is 0.459. The van der Waals surface area contributed by atoms with Gasteiger partial charge in [-0.05, 0) is 25.0 Å². The standard InChI is InChI=1S/C10H12ClNO/c11-7-2-1-3-8(13)9(7)10(6-12)4-5-10/h1-3,13H,4-6,12H2. The monoisotopic (exact) mass is 197 g/mol. The lowest BCUT2D eigenvalue weighted by Crippen LogP contribution is -2.20. The van der Waals surface area contributed by atoms with Crippen LogP contribution in [0, 0.1) is 0 Å². The van der Waals surface area contributed by atoms with E-state index >= 15 is 0 Å². The van der Waals surface area contributed by atoms with Gasteiger partial charge < -0.3 is 10.8 Å². The molecule has 1 aromatic carbocycles. The minimum atomic E-state index is -0.0393. The van der Waals surface area contributed by atoms with E-state index in [0.29, 0.717) is 11.6 Å².